The summed E-state index contributed by atoms with van der Waals surface area (Å²) < 4.78 is 0. The summed E-state index contributed by atoms with van der Waals surface area (Å²) in [4.78, 5) is 0. The first-order chi connectivity index (χ1) is 28.8. The number of hydrogen-bond acceptors (Lipinski definition) is 0. The van der Waals surface area contributed by atoms with Gasteiger partial charge in [0.2, 0.25) is 0 Å². The van der Waals surface area contributed by atoms with E-state index in [-0.39, 0.29) is 0 Å². The molecule has 0 spiro atoms. The highest BCUT2D eigenvalue weighted by Crippen LogP contribution is 2.56. The van der Waals surface area contributed by atoms with E-state index in [1.165, 1.54) is 87.2 Å². The van der Waals surface area contributed by atoms with Crippen LogP contribution in [0, 0.1) is 0 Å². The molecule has 0 amide bonds. The summed E-state index contributed by atoms with van der Waals surface area (Å²) in [6.45, 7) is 0. The van der Waals surface area contributed by atoms with Crippen molar-refractivity contribution in [2.75, 3.05) is 0 Å². The van der Waals surface area contributed by atoms with Crippen molar-refractivity contribution >= 4 is 69.9 Å². The van der Waals surface area contributed by atoms with Gasteiger partial charge in [0.25, 0.3) is 0 Å². The largest absolute Gasteiger partial charge is 0.134 e. The fraction of sp³-hybridized carbons (Fsp3) is 0.0357. The summed E-state index contributed by atoms with van der Waals surface area (Å²) in [6.07, 6.45) is 2.00. The molecule has 1 aliphatic heterocycles. The maximum absolute atomic E-state index is 2.51. The van der Waals surface area contributed by atoms with Crippen molar-refractivity contribution in [3.63, 3.8) is 0 Å². The van der Waals surface area contributed by atoms with Crippen LogP contribution in [-0.4, -0.2) is 8.80 Å². The average Bonchev–Trinajstić information content (AvgIpc) is 3.48. The smallest absolute Gasteiger partial charge is 0.0664 e. The van der Waals surface area contributed by atoms with Crippen LogP contribution >= 0.6 is 7.92 Å². The molecular weight excluding hydrogens is 732 g/mol. The van der Waals surface area contributed by atoms with Gasteiger partial charge in [0.05, 0.1) is 0 Å². The third kappa shape index (κ3) is 6.02. The molecule has 0 saturated carbocycles. The molecule has 0 N–H and O–H groups in total. The van der Waals surface area contributed by atoms with Crippen LogP contribution in [0.25, 0.3) is 65.7 Å². The second-order valence-electron chi connectivity index (χ2n) is 15.6. The van der Waals surface area contributed by atoms with Crippen molar-refractivity contribution in [1.29, 1.82) is 0 Å². The highest BCUT2D eigenvalue weighted by Gasteiger charge is 2.33. The van der Waals surface area contributed by atoms with Gasteiger partial charge in [-0.15, -0.1) is 0 Å². The molecule has 11 rings (SSSR count). The van der Waals surface area contributed by atoms with Gasteiger partial charge < -0.3 is 0 Å². The zero-order valence-electron chi connectivity index (χ0n) is 32.2. The third-order valence-electron chi connectivity index (χ3n) is 12.3. The zero-order chi connectivity index (χ0) is 38.4. The van der Waals surface area contributed by atoms with Crippen LogP contribution in [0.15, 0.2) is 218 Å². The van der Waals surface area contributed by atoms with Gasteiger partial charge in [-0.05, 0) is 117 Å². The lowest BCUT2D eigenvalue weighted by atomic mass is 9.82. The average molecular weight is 773 g/mol. The summed E-state index contributed by atoms with van der Waals surface area (Å²) in [6, 6.07) is 82.5. The van der Waals surface area contributed by atoms with Crippen molar-refractivity contribution in [3.05, 3.63) is 230 Å². The van der Waals surface area contributed by atoms with E-state index in [9.17, 15) is 0 Å². The zero-order valence-corrected chi connectivity index (χ0v) is 34.3. The Bertz CT molecular complexity index is 2980. The topological polar surface area (TPSA) is 0 Å². The van der Waals surface area contributed by atoms with Crippen molar-refractivity contribution in [2.45, 2.75) is 12.3 Å². The lowest BCUT2D eigenvalue weighted by Gasteiger charge is -2.27. The number of hydrogen-bond donors (Lipinski definition) is 0. The Hall–Kier alpha value is -6.37. The number of rotatable bonds is 6. The molecule has 2 heteroatoms. The maximum Gasteiger partial charge on any atom is 0.134 e. The summed E-state index contributed by atoms with van der Waals surface area (Å²) in [5, 5.41) is 14.0. The Kier molecular flexibility index (Phi) is 8.92. The van der Waals surface area contributed by atoms with Gasteiger partial charge in [0.15, 0.2) is 0 Å². The van der Waals surface area contributed by atoms with Crippen molar-refractivity contribution in [2.24, 2.45) is 0 Å². The minimum atomic E-state index is -1.96. The molecule has 10 aromatic carbocycles. The lowest BCUT2D eigenvalue weighted by Crippen LogP contribution is -2.56. The fourth-order valence-electron chi connectivity index (χ4n) is 9.73. The molecule has 0 nitrogen and oxygen atoms in total. The van der Waals surface area contributed by atoms with Gasteiger partial charge in [-0.25, -0.2) is 0 Å². The highest BCUT2D eigenvalue weighted by atomic mass is 31.1. The molecule has 0 radical (unpaired) electrons. The van der Waals surface area contributed by atoms with Crippen molar-refractivity contribution in [1.82, 2.24) is 0 Å². The molecule has 1 atom stereocenters. The van der Waals surface area contributed by atoms with Gasteiger partial charge >= 0.3 is 0 Å². The molecule has 0 unspecified atom stereocenters. The predicted molar refractivity (Wildman–Crippen MR) is 255 cm³/mol. The van der Waals surface area contributed by atoms with Crippen LogP contribution in [0.2, 0.25) is 0 Å². The van der Waals surface area contributed by atoms with E-state index in [1.807, 2.05) is 0 Å². The van der Waals surface area contributed by atoms with Crippen molar-refractivity contribution < 1.29 is 0 Å². The summed E-state index contributed by atoms with van der Waals surface area (Å²) >= 11 is 0. The summed E-state index contributed by atoms with van der Waals surface area (Å²) in [5.74, 6) is 0. The lowest BCUT2D eigenvalue weighted by molar-refractivity contribution is 1.39. The van der Waals surface area contributed by atoms with Gasteiger partial charge in [-0.1, -0.05) is 219 Å². The van der Waals surface area contributed by atoms with E-state index in [1.54, 1.807) is 10.5 Å². The van der Waals surface area contributed by atoms with E-state index in [0.29, 0.717) is 0 Å². The van der Waals surface area contributed by atoms with Crippen molar-refractivity contribution in [3.8, 4) is 33.4 Å². The minimum absolute atomic E-state index is 0.733. The third-order valence-corrected chi connectivity index (χ3v) is 18.3. The Balaban J connectivity index is 1.24. The minimum Gasteiger partial charge on any atom is -0.0664 e. The first kappa shape index (κ1) is 34.8. The molecule has 0 aromatic heterocycles. The maximum atomic E-state index is 2.51. The normalized spacial score (nSPS) is 13.2. The van der Waals surface area contributed by atoms with Gasteiger partial charge in [0, 0.05) is 0 Å². The van der Waals surface area contributed by atoms with E-state index >= 15 is 0 Å². The second-order valence-corrected chi connectivity index (χ2v) is 20.5. The van der Waals surface area contributed by atoms with E-state index in [0.717, 1.165) is 12.3 Å². The monoisotopic (exact) mass is 772 g/mol. The summed E-state index contributed by atoms with van der Waals surface area (Å²) in [7, 11) is -2.70. The number of fused-ring (bicyclic) bond motifs is 8. The molecular formula is C56H41PSi. The molecule has 1 aliphatic rings. The predicted octanol–water partition coefficient (Wildman–Crippen LogP) is 12.2. The molecule has 0 bridgehead atoms. The van der Waals surface area contributed by atoms with Gasteiger partial charge in [-0.2, -0.15) is 0 Å². The van der Waals surface area contributed by atoms with Gasteiger partial charge in [-0.3, -0.25) is 0 Å². The van der Waals surface area contributed by atoms with Crippen LogP contribution in [0.1, 0.15) is 11.1 Å². The Labute approximate surface area is 343 Å². The first-order valence-corrected chi connectivity index (χ1v) is 23.8. The quantitative estimate of drug-likeness (QED) is 0.0897. The van der Waals surface area contributed by atoms with Crippen LogP contribution in [-0.2, 0) is 12.3 Å². The Morgan fingerprint density at radius 3 is 1.36 bits per heavy atom. The highest BCUT2D eigenvalue weighted by molar-refractivity contribution is 7.65. The van der Waals surface area contributed by atoms with E-state index < -0.39 is 16.7 Å². The number of benzene rings is 10. The van der Waals surface area contributed by atoms with Crippen LogP contribution in [0.4, 0.5) is 0 Å². The van der Waals surface area contributed by atoms with Crippen LogP contribution in [0.3, 0.4) is 0 Å². The molecule has 58 heavy (non-hydrogen) atoms. The summed E-state index contributed by atoms with van der Waals surface area (Å²) in [5.41, 5.74) is 11.0. The molecule has 1 heterocycles. The van der Waals surface area contributed by atoms with Crippen LogP contribution < -0.4 is 20.9 Å². The van der Waals surface area contributed by atoms with Crippen LogP contribution in [0.5, 0.6) is 0 Å². The molecule has 0 aliphatic carbocycles. The molecule has 10 aromatic rings. The standard InChI is InChI=1S/C56H41PSi/c1-4-19-40(20-5-1)48-35-42-24-11-14-30-46(42)55-50(48)37-57(38-51-49(41-21-6-2-7-22-41)36-43-25-12-15-31-47(43)56(51)55)52-32-16-17-33-54(52)58(44-27-8-3-9-28-44)53-34-18-26-39-23-10-13-29-45(39)53/h1-36,58H,37-38H2/t58-/m1/s1. The second kappa shape index (κ2) is 14.9. The SMILES string of the molecule is c1ccc(-c2cc3ccccc3c3c2CP(c2ccccc2[Si@H](c2ccccc2)c2cccc4ccccc24)Cc2c(-c4ccccc4)cc4ccccc4c2-3)cc1. The Morgan fingerprint density at radius 2 is 0.776 bits per heavy atom. The fourth-order valence-corrected chi connectivity index (χ4v) is 16.5. The van der Waals surface area contributed by atoms with E-state index in [4.69, 9.17) is 0 Å². The molecule has 0 saturated heterocycles. The van der Waals surface area contributed by atoms with E-state index in [2.05, 4.69) is 218 Å². The molecule has 274 valence electrons. The first-order valence-electron chi connectivity index (χ1n) is 20.4. The Morgan fingerprint density at radius 1 is 0.345 bits per heavy atom. The van der Waals surface area contributed by atoms with Gasteiger partial charge in [0.1, 0.15) is 8.80 Å². The molecule has 0 fully saturated rings.